The number of hydrogen-bond donors (Lipinski definition) is 1. The summed E-state index contributed by atoms with van der Waals surface area (Å²) >= 11 is 0. The molecule has 1 aromatic carbocycles. The van der Waals surface area contributed by atoms with Gasteiger partial charge in [0.2, 0.25) is 15.9 Å². The summed E-state index contributed by atoms with van der Waals surface area (Å²) in [6, 6.07) is 9.95. The Balaban J connectivity index is 1.70. The highest BCUT2D eigenvalue weighted by Crippen LogP contribution is 2.42. The minimum absolute atomic E-state index is 0.257. The summed E-state index contributed by atoms with van der Waals surface area (Å²) in [7, 11) is -3.64. The number of pyridine rings is 1. The summed E-state index contributed by atoms with van der Waals surface area (Å²) < 4.78 is 31.1. The van der Waals surface area contributed by atoms with E-state index in [1.165, 1.54) is 12.1 Å². The molecular formula is C17H18N2O4S. The minimum Gasteiger partial charge on any atom is -0.439 e. The summed E-state index contributed by atoms with van der Waals surface area (Å²) in [6.45, 7) is 3.52. The van der Waals surface area contributed by atoms with E-state index in [9.17, 15) is 13.2 Å². The van der Waals surface area contributed by atoms with Crippen LogP contribution in [0.1, 0.15) is 35.7 Å². The SMILES string of the molecule is Cc1cccnc1Oc1ccc(C(=O)NS(=O)(=O)C2(C)CC2)cc1. The van der Waals surface area contributed by atoms with Crippen LogP contribution in [0.15, 0.2) is 42.6 Å². The fourth-order valence-corrected chi connectivity index (χ4v) is 3.36. The van der Waals surface area contributed by atoms with Crippen LogP contribution in [0.3, 0.4) is 0 Å². The van der Waals surface area contributed by atoms with E-state index in [-0.39, 0.29) is 5.56 Å². The van der Waals surface area contributed by atoms with E-state index in [0.717, 1.165) is 5.56 Å². The first-order valence-corrected chi connectivity index (χ1v) is 9.05. The van der Waals surface area contributed by atoms with Crippen molar-refractivity contribution in [3.63, 3.8) is 0 Å². The third-order valence-electron chi connectivity index (χ3n) is 4.12. The molecule has 0 saturated heterocycles. The summed E-state index contributed by atoms with van der Waals surface area (Å²) in [5, 5.41) is 0. The molecule has 0 aliphatic heterocycles. The molecule has 0 radical (unpaired) electrons. The van der Waals surface area contributed by atoms with Crippen molar-refractivity contribution in [1.82, 2.24) is 9.71 Å². The number of aryl methyl sites for hydroxylation is 1. The van der Waals surface area contributed by atoms with Gasteiger partial charge in [-0.2, -0.15) is 0 Å². The predicted molar refractivity (Wildman–Crippen MR) is 89.5 cm³/mol. The van der Waals surface area contributed by atoms with Gasteiger partial charge in [-0.3, -0.25) is 4.79 Å². The number of benzene rings is 1. The lowest BCUT2D eigenvalue weighted by molar-refractivity contribution is 0.0981. The largest absolute Gasteiger partial charge is 0.439 e. The number of sulfonamides is 1. The molecule has 3 rings (SSSR count). The third-order valence-corrected chi connectivity index (χ3v) is 6.28. The van der Waals surface area contributed by atoms with Crippen molar-refractivity contribution in [3.05, 3.63) is 53.7 Å². The van der Waals surface area contributed by atoms with Crippen molar-refractivity contribution in [3.8, 4) is 11.6 Å². The number of amides is 1. The van der Waals surface area contributed by atoms with Crippen LogP contribution in [0.25, 0.3) is 0 Å². The maximum atomic E-state index is 12.1. The Morgan fingerprint density at radius 1 is 1.21 bits per heavy atom. The van der Waals surface area contributed by atoms with E-state index in [4.69, 9.17) is 4.74 Å². The zero-order chi connectivity index (χ0) is 17.4. The molecule has 0 atom stereocenters. The van der Waals surface area contributed by atoms with E-state index in [1.807, 2.05) is 19.1 Å². The third kappa shape index (κ3) is 3.26. The number of nitrogens with one attached hydrogen (secondary N) is 1. The Hall–Kier alpha value is -2.41. The highest BCUT2D eigenvalue weighted by molar-refractivity contribution is 7.91. The fraction of sp³-hybridized carbons (Fsp3) is 0.294. The van der Waals surface area contributed by atoms with Gasteiger partial charge in [-0.15, -0.1) is 0 Å². The Morgan fingerprint density at radius 2 is 1.88 bits per heavy atom. The molecule has 6 nitrogen and oxygen atoms in total. The molecule has 0 bridgehead atoms. The van der Waals surface area contributed by atoms with Crippen LogP contribution in [0.2, 0.25) is 0 Å². The zero-order valence-electron chi connectivity index (χ0n) is 13.4. The lowest BCUT2D eigenvalue weighted by Gasteiger charge is -2.12. The van der Waals surface area contributed by atoms with E-state index in [2.05, 4.69) is 9.71 Å². The van der Waals surface area contributed by atoms with Gasteiger partial charge < -0.3 is 4.74 Å². The molecule has 1 aromatic heterocycles. The molecule has 1 aliphatic rings. The van der Waals surface area contributed by atoms with Crippen LogP contribution in [-0.2, 0) is 10.0 Å². The van der Waals surface area contributed by atoms with E-state index in [0.29, 0.717) is 24.5 Å². The van der Waals surface area contributed by atoms with E-state index >= 15 is 0 Å². The van der Waals surface area contributed by atoms with E-state index in [1.54, 1.807) is 25.3 Å². The van der Waals surface area contributed by atoms with Crippen molar-refractivity contribution >= 4 is 15.9 Å². The molecule has 24 heavy (non-hydrogen) atoms. The van der Waals surface area contributed by atoms with Crippen molar-refractivity contribution in [2.24, 2.45) is 0 Å². The molecule has 1 fully saturated rings. The molecule has 2 aromatic rings. The quantitative estimate of drug-likeness (QED) is 0.900. The van der Waals surface area contributed by atoms with Gasteiger partial charge in [0.05, 0.1) is 4.75 Å². The monoisotopic (exact) mass is 346 g/mol. The van der Waals surface area contributed by atoms with Crippen molar-refractivity contribution < 1.29 is 17.9 Å². The molecule has 1 heterocycles. The van der Waals surface area contributed by atoms with Gasteiger partial charge >= 0.3 is 0 Å². The first-order chi connectivity index (χ1) is 11.3. The molecule has 0 unspecified atom stereocenters. The van der Waals surface area contributed by atoms with Gasteiger partial charge in [-0.25, -0.2) is 18.1 Å². The first-order valence-electron chi connectivity index (χ1n) is 7.57. The van der Waals surface area contributed by atoms with Crippen molar-refractivity contribution in [1.29, 1.82) is 0 Å². The smallest absolute Gasteiger partial charge is 0.264 e. The second kappa shape index (κ2) is 5.90. The molecular weight excluding hydrogens is 328 g/mol. The highest BCUT2D eigenvalue weighted by Gasteiger charge is 2.50. The fourth-order valence-electron chi connectivity index (χ4n) is 2.11. The first kappa shape index (κ1) is 16.4. The highest BCUT2D eigenvalue weighted by atomic mass is 32.2. The lowest BCUT2D eigenvalue weighted by Crippen LogP contribution is -2.38. The number of carbonyl (C=O) groups excluding carboxylic acids is 1. The van der Waals surface area contributed by atoms with Gasteiger partial charge in [0.25, 0.3) is 5.91 Å². The van der Waals surface area contributed by atoms with Crippen LogP contribution in [0.5, 0.6) is 11.6 Å². The van der Waals surface area contributed by atoms with Crippen LogP contribution in [-0.4, -0.2) is 24.1 Å². The second-order valence-electron chi connectivity index (χ2n) is 6.14. The summed E-state index contributed by atoms with van der Waals surface area (Å²) in [5.74, 6) is 0.369. The Kier molecular flexibility index (Phi) is 4.04. The standard InChI is InChI=1S/C17H18N2O4S/c1-12-4-3-11-18-16(12)23-14-7-5-13(6-8-14)15(20)19-24(21,22)17(2)9-10-17/h3-8,11H,9-10H2,1-2H3,(H,19,20). The lowest BCUT2D eigenvalue weighted by atomic mass is 10.2. The molecule has 1 amide bonds. The number of hydrogen-bond acceptors (Lipinski definition) is 5. The number of rotatable bonds is 5. The number of ether oxygens (including phenoxy) is 1. The average molecular weight is 346 g/mol. The van der Waals surface area contributed by atoms with Crippen LogP contribution < -0.4 is 9.46 Å². The number of carbonyl (C=O) groups is 1. The Morgan fingerprint density at radius 3 is 2.46 bits per heavy atom. The van der Waals surface area contributed by atoms with Gasteiger partial charge in [0.15, 0.2) is 0 Å². The number of aromatic nitrogens is 1. The van der Waals surface area contributed by atoms with E-state index < -0.39 is 20.7 Å². The molecule has 1 aliphatic carbocycles. The molecule has 0 spiro atoms. The van der Waals surface area contributed by atoms with Gasteiger partial charge in [-0.05, 0) is 57.0 Å². The predicted octanol–water partition coefficient (Wildman–Crippen LogP) is 2.79. The molecule has 126 valence electrons. The van der Waals surface area contributed by atoms with Crippen LogP contribution in [0, 0.1) is 6.92 Å². The Labute approximate surface area is 140 Å². The topological polar surface area (TPSA) is 85.4 Å². The van der Waals surface area contributed by atoms with Crippen LogP contribution >= 0.6 is 0 Å². The second-order valence-corrected chi connectivity index (χ2v) is 8.33. The van der Waals surface area contributed by atoms with Gasteiger partial charge in [0, 0.05) is 17.3 Å². The molecule has 1 N–H and O–H groups in total. The average Bonchev–Trinajstić information content (AvgIpc) is 3.30. The molecule has 7 heteroatoms. The molecule has 1 saturated carbocycles. The normalized spacial score (nSPS) is 15.6. The van der Waals surface area contributed by atoms with Gasteiger partial charge in [0.1, 0.15) is 5.75 Å². The zero-order valence-corrected chi connectivity index (χ0v) is 14.3. The summed E-state index contributed by atoms with van der Waals surface area (Å²) in [6.07, 6.45) is 2.78. The Bertz CT molecular complexity index is 872. The van der Waals surface area contributed by atoms with Crippen LogP contribution in [0.4, 0.5) is 0 Å². The summed E-state index contributed by atoms with van der Waals surface area (Å²) in [5.41, 5.74) is 1.15. The minimum atomic E-state index is -3.64. The van der Waals surface area contributed by atoms with Crippen molar-refractivity contribution in [2.75, 3.05) is 0 Å². The van der Waals surface area contributed by atoms with Crippen molar-refractivity contribution in [2.45, 2.75) is 31.4 Å². The summed E-state index contributed by atoms with van der Waals surface area (Å²) in [4.78, 5) is 16.2. The maximum Gasteiger partial charge on any atom is 0.264 e. The van der Waals surface area contributed by atoms with Gasteiger partial charge in [-0.1, -0.05) is 6.07 Å². The maximum absolute atomic E-state index is 12.1. The number of nitrogens with zero attached hydrogens (tertiary/aromatic N) is 1.